The maximum absolute atomic E-state index is 12.1. The number of H-pyrrole nitrogens is 1. The average molecular weight is 373 g/mol. The molecule has 0 fully saturated rings. The van der Waals surface area contributed by atoms with E-state index >= 15 is 0 Å². The second kappa shape index (κ2) is 7.49. The van der Waals surface area contributed by atoms with E-state index in [1.807, 2.05) is 31.2 Å². The molecule has 0 saturated carbocycles. The first-order valence-corrected chi connectivity index (χ1v) is 8.24. The highest BCUT2D eigenvalue weighted by atomic mass is 35.5. The number of anilines is 1. The van der Waals surface area contributed by atoms with Crippen molar-refractivity contribution in [2.24, 2.45) is 0 Å². The number of halogens is 1. The summed E-state index contributed by atoms with van der Waals surface area (Å²) in [4.78, 5) is 27.2. The molecular weight excluding hydrogens is 356 g/mol. The predicted molar refractivity (Wildman–Crippen MR) is 100.0 cm³/mol. The fraction of sp³-hybridized carbons (Fsp3) is 0.158. The molecular formula is C19H17ClN2O4. The number of nitrogens with one attached hydrogen (secondary N) is 2. The van der Waals surface area contributed by atoms with Gasteiger partial charge in [-0.1, -0.05) is 29.8 Å². The van der Waals surface area contributed by atoms with Crippen LogP contribution >= 0.6 is 11.6 Å². The number of amides is 1. The van der Waals surface area contributed by atoms with Crippen molar-refractivity contribution in [3.63, 3.8) is 0 Å². The van der Waals surface area contributed by atoms with Gasteiger partial charge >= 0.3 is 5.97 Å². The summed E-state index contributed by atoms with van der Waals surface area (Å²) >= 11 is 6.04. The Morgan fingerprint density at radius 1 is 1.19 bits per heavy atom. The van der Waals surface area contributed by atoms with Crippen molar-refractivity contribution < 1.29 is 19.1 Å². The van der Waals surface area contributed by atoms with Gasteiger partial charge in [-0.3, -0.25) is 4.79 Å². The Kier molecular flexibility index (Phi) is 5.14. The molecule has 0 aliphatic carbocycles. The molecule has 0 aliphatic heterocycles. The molecule has 0 unspecified atom stereocenters. The van der Waals surface area contributed by atoms with E-state index in [9.17, 15) is 9.59 Å². The van der Waals surface area contributed by atoms with Gasteiger partial charge in [-0.15, -0.1) is 0 Å². The lowest BCUT2D eigenvalue weighted by atomic mass is 10.2. The van der Waals surface area contributed by atoms with Crippen LogP contribution in [0.2, 0.25) is 5.02 Å². The van der Waals surface area contributed by atoms with Gasteiger partial charge < -0.3 is 19.8 Å². The Labute approximate surface area is 155 Å². The Bertz CT molecular complexity index is 948. The quantitative estimate of drug-likeness (QED) is 0.665. The number of para-hydroxylation sites is 1. The predicted octanol–water partition coefficient (Wildman–Crippen LogP) is 3.93. The number of esters is 1. The second-order valence-corrected chi connectivity index (χ2v) is 6.10. The van der Waals surface area contributed by atoms with Crippen molar-refractivity contribution in [2.75, 3.05) is 19.0 Å². The van der Waals surface area contributed by atoms with Crippen LogP contribution in [-0.2, 0) is 9.53 Å². The molecule has 3 aromatic rings. The van der Waals surface area contributed by atoms with E-state index in [2.05, 4.69) is 10.3 Å². The largest absolute Gasteiger partial charge is 0.495 e. The molecule has 0 spiro atoms. The molecule has 134 valence electrons. The minimum atomic E-state index is -0.601. The van der Waals surface area contributed by atoms with Gasteiger partial charge in [0, 0.05) is 22.0 Å². The highest BCUT2D eigenvalue weighted by Gasteiger charge is 2.15. The Hall–Kier alpha value is -2.99. The zero-order valence-electron chi connectivity index (χ0n) is 14.3. The van der Waals surface area contributed by atoms with Gasteiger partial charge in [-0.25, -0.2) is 4.79 Å². The molecule has 3 rings (SSSR count). The van der Waals surface area contributed by atoms with E-state index in [-0.39, 0.29) is 0 Å². The monoisotopic (exact) mass is 372 g/mol. The van der Waals surface area contributed by atoms with Crippen molar-refractivity contribution >= 4 is 40.1 Å². The van der Waals surface area contributed by atoms with Crippen LogP contribution in [-0.4, -0.2) is 30.6 Å². The van der Waals surface area contributed by atoms with Gasteiger partial charge in [-0.05, 0) is 30.7 Å². The molecule has 0 aliphatic rings. The summed E-state index contributed by atoms with van der Waals surface area (Å²) < 4.78 is 10.3. The molecule has 6 nitrogen and oxygen atoms in total. The summed E-state index contributed by atoms with van der Waals surface area (Å²) in [5, 5.41) is 4.08. The van der Waals surface area contributed by atoms with Gasteiger partial charge in [-0.2, -0.15) is 0 Å². The number of methoxy groups -OCH3 is 1. The van der Waals surface area contributed by atoms with Gasteiger partial charge in [0.05, 0.1) is 12.8 Å². The normalized spacial score (nSPS) is 10.6. The van der Waals surface area contributed by atoms with Gasteiger partial charge in [0.25, 0.3) is 5.91 Å². The molecule has 1 aromatic heterocycles. The number of fused-ring (bicyclic) bond motifs is 1. The van der Waals surface area contributed by atoms with Crippen LogP contribution in [0.15, 0.2) is 42.5 Å². The third-order valence-corrected chi connectivity index (χ3v) is 4.25. The lowest BCUT2D eigenvalue weighted by molar-refractivity contribution is -0.119. The van der Waals surface area contributed by atoms with Crippen LogP contribution in [0.25, 0.3) is 10.9 Å². The number of hydrogen-bond donors (Lipinski definition) is 2. The summed E-state index contributed by atoms with van der Waals surface area (Å²) in [6, 6.07) is 12.5. The number of rotatable bonds is 5. The van der Waals surface area contributed by atoms with E-state index in [4.69, 9.17) is 21.1 Å². The van der Waals surface area contributed by atoms with Crippen LogP contribution in [0.5, 0.6) is 5.75 Å². The molecule has 26 heavy (non-hydrogen) atoms. The number of carbonyl (C=O) groups is 2. The van der Waals surface area contributed by atoms with Crippen LogP contribution in [0.3, 0.4) is 0 Å². The number of ether oxygens (including phenoxy) is 2. The summed E-state index contributed by atoms with van der Waals surface area (Å²) in [6.45, 7) is 1.40. The van der Waals surface area contributed by atoms with E-state index in [0.717, 1.165) is 16.5 Å². The van der Waals surface area contributed by atoms with E-state index < -0.39 is 18.5 Å². The number of hydrogen-bond acceptors (Lipinski definition) is 4. The Morgan fingerprint density at radius 3 is 2.69 bits per heavy atom. The minimum absolute atomic E-state index is 0.291. The Morgan fingerprint density at radius 2 is 1.96 bits per heavy atom. The highest BCUT2D eigenvalue weighted by Crippen LogP contribution is 2.30. The molecule has 2 aromatic carbocycles. The van der Waals surface area contributed by atoms with Crippen LogP contribution in [0, 0.1) is 6.92 Å². The summed E-state index contributed by atoms with van der Waals surface area (Å²) in [5.74, 6) is -0.652. The summed E-state index contributed by atoms with van der Waals surface area (Å²) in [7, 11) is 1.48. The number of carbonyl (C=O) groups excluding carboxylic acids is 2. The molecule has 0 saturated heterocycles. The van der Waals surface area contributed by atoms with Crippen molar-refractivity contribution in [3.8, 4) is 5.75 Å². The third kappa shape index (κ3) is 3.81. The fourth-order valence-electron chi connectivity index (χ4n) is 2.51. The van der Waals surface area contributed by atoms with Crippen LogP contribution in [0.1, 0.15) is 16.1 Å². The summed E-state index contributed by atoms with van der Waals surface area (Å²) in [5.41, 5.74) is 2.36. The molecule has 2 N–H and O–H groups in total. The van der Waals surface area contributed by atoms with Crippen molar-refractivity contribution in [3.05, 3.63) is 58.7 Å². The van der Waals surface area contributed by atoms with Crippen molar-refractivity contribution in [2.45, 2.75) is 6.92 Å². The molecule has 1 amide bonds. The maximum atomic E-state index is 12.1. The zero-order chi connectivity index (χ0) is 18.7. The summed E-state index contributed by atoms with van der Waals surface area (Å²) in [6.07, 6.45) is 0. The van der Waals surface area contributed by atoms with E-state index in [1.165, 1.54) is 7.11 Å². The first-order chi connectivity index (χ1) is 12.5. The van der Waals surface area contributed by atoms with Gasteiger partial charge in [0.15, 0.2) is 6.61 Å². The SMILES string of the molecule is COc1cc(Cl)c(C)cc1NC(=O)COC(=O)c1cc2ccccc2[nH]1. The van der Waals surface area contributed by atoms with E-state index in [1.54, 1.807) is 18.2 Å². The van der Waals surface area contributed by atoms with Crippen LogP contribution < -0.4 is 10.1 Å². The molecule has 1 heterocycles. The number of benzene rings is 2. The number of aromatic nitrogens is 1. The molecule has 7 heteroatoms. The van der Waals surface area contributed by atoms with Gasteiger partial charge in [0.1, 0.15) is 11.4 Å². The lowest BCUT2D eigenvalue weighted by Crippen LogP contribution is -2.21. The highest BCUT2D eigenvalue weighted by molar-refractivity contribution is 6.31. The molecule has 0 atom stereocenters. The Balaban J connectivity index is 1.63. The number of aryl methyl sites for hydroxylation is 1. The van der Waals surface area contributed by atoms with E-state index in [0.29, 0.717) is 22.2 Å². The second-order valence-electron chi connectivity index (χ2n) is 5.70. The van der Waals surface area contributed by atoms with Crippen LogP contribution in [0.4, 0.5) is 5.69 Å². The van der Waals surface area contributed by atoms with Gasteiger partial charge in [0.2, 0.25) is 0 Å². The van der Waals surface area contributed by atoms with Crippen molar-refractivity contribution in [1.82, 2.24) is 4.98 Å². The fourth-order valence-corrected chi connectivity index (χ4v) is 2.66. The average Bonchev–Trinajstić information content (AvgIpc) is 3.06. The maximum Gasteiger partial charge on any atom is 0.355 e. The smallest absolute Gasteiger partial charge is 0.355 e. The third-order valence-electron chi connectivity index (χ3n) is 3.84. The number of aromatic amines is 1. The standard InChI is InChI=1S/C19H17ClN2O4/c1-11-7-15(17(25-2)9-13(11)20)22-18(23)10-26-19(24)16-8-12-5-3-4-6-14(12)21-16/h3-9,21H,10H2,1-2H3,(H,22,23). The molecule has 0 bridgehead atoms. The van der Waals surface area contributed by atoms with Crippen molar-refractivity contribution in [1.29, 1.82) is 0 Å². The lowest BCUT2D eigenvalue weighted by Gasteiger charge is -2.12. The minimum Gasteiger partial charge on any atom is -0.495 e. The first-order valence-electron chi connectivity index (χ1n) is 7.87. The first kappa shape index (κ1) is 17.8. The molecule has 0 radical (unpaired) electrons. The topological polar surface area (TPSA) is 80.4 Å². The zero-order valence-corrected chi connectivity index (χ0v) is 15.0.